The number of nitrogens with zero attached hydrogens (tertiary/aromatic N) is 1. The first-order valence-corrected chi connectivity index (χ1v) is 4.34. The molecule has 0 bridgehead atoms. The second-order valence-electron chi connectivity index (χ2n) is 2.74. The van der Waals surface area contributed by atoms with Gasteiger partial charge in [0, 0.05) is 11.5 Å². The van der Waals surface area contributed by atoms with Crippen LogP contribution in [0.15, 0.2) is 18.5 Å². The highest BCUT2D eigenvalue weighted by atomic mass is 32.1. The van der Waals surface area contributed by atoms with Gasteiger partial charge in [0.25, 0.3) is 0 Å². The molecule has 0 spiro atoms. The van der Waals surface area contributed by atoms with E-state index in [2.05, 4.69) is 9.97 Å². The lowest BCUT2D eigenvalue weighted by Gasteiger charge is -2.03. The summed E-state index contributed by atoms with van der Waals surface area (Å²) >= 11 is 5.00. The Balaban J connectivity index is 2.87. The minimum atomic E-state index is -0.420. The van der Waals surface area contributed by atoms with Gasteiger partial charge in [0.1, 0.15) is 4.64 Å². The summed E-state index contributed by atoms with van der Waals surface area (Å²) in [6.45, 7) is 0. The zero-order valence-corrected chi connectivity index (χ0v) is 8.19. The number of hydrogen-bond donors (Lipinski definition) is 1. The van der Waals surface area contributed by atoms with Gasteiger partial charge in [-0.25, -0.2) is 9.37 Å². The van der Waals surface area contributed by atoms with Crippen molar-refractivity contribution in [3.8, 4) is 5.75 Å². The number of methoxy groups -OCH3 is 1. The number of fused-ring (bicyclic) bond motifs is 1. The molecule has 0 amide bonds. The normalized spacial score (nSPS) is 10.4. The van der Waals surface area contributed by atoms with Crippen LogP contribution in [0.4, 0.5) is 4.39 Å². The monoisotopic (exact) mass is 210 g/mol. The first kappa shape index (κ1) is 9.08. The summed E-state index contributed by atoms with van der Waals surface area (Å²) in [6.07, 6.45) is 1.44. The Morgan fingerprint density at radius 2 is 2.29 bits per heavy atom. The predicted molar refractivity (Wildman–Crippen MR) is 53.4 cm³/mol. The van der Waals surface area contributed by atoms with E-state index in [4.69, 9.17) is 17.0 Å². The molecule has 14 heavy (non-hydrogen) atoms. The highest BCUT2D eigenvalue weighted by Crippen LogP contribution is 2.23. The summed E-state index contributed by atoms with van der Waals surface area (Å²) < 4.78 is 18.5. The summed E-state index contributed by atoms with van der Waals surface area (Å²) in [5.41, 5.74) is 0.614. The number of halogens is 1. The van der Waals surface area contributed by atoms with Gasteiger partial charge in [-0.15, -0.1) is 0 Å². The van der Waals surface area contributed by atoms with Gasteiger partial charge in [-0.2, -0.15) is 0 Å². The van der Waals surface area contributed by atoms with Crippen molar-refractivity contribution in [3.05, 3.63) is 28.9 Å². The minimum absolute atomic E-state index is 0.171. The Bertz CT molecular complexity index is 538. The third kappa shape index (κ3) is 1.35. The molecule has 0 aliphatic carbocycles. The van der Waals surface area contributed by atoms with Crippen molar-refractivity contribution in [1.82, 2.24) is 9.97 Å². The van der Waals surface area contributed by atoms with Crippen LogP contribution in [0.3, 0.4) is 0 Å². The van der Waals surface area contributed by atoms with E-state index in [9.17, 15) is 4.39 Å². The maximum Gasteiger partial charge on any atom is 0.167 e. The average Bonchev–Trinajstić information content (AvgIpc) is 2.17. The lowest BCUT2D eigenvalue weighted by Crippen LogP contribution is -1.90. The Morgan fingerprint density at radius 3 is 3.00 bits per heavy atom. The molecule has 1 aromatic heterocycles. The number of nitrogens with one attached hydrogen (secondary N) is 1. The SMILES string of the molecule is COc1cc2c(=S)nc[nH]c2cc1F. The largest absolute Gasteiger partial charge is 0.494 e. The van der Waals surface area contributed by atoms with Crippen LogP contribution in [0.5, 0.6) is 5.75 Å². The molecular formula is C9H7FN2OS. The summed E-state index contributed by atoms with van der Waals surface area (Å²) in [5.74, 6) is -0.248. The molecule has 0 radical (unpaired) electrons. The van der Waals surface area contributed by atoms with Crippen molar-refractivity contribution in [2.45, 2.75) is 0 Å². The molecule has 0 unspecified atom stereocenters. The number of aromatic amines is 1. The van der Waals surface area contributed by atoms with Crippen LogP contribution in [0.1, 0.15) is 0 Å². The standard InChI is InChI=1S/C9H7FN2OS/c1-13-8-2-5-7(3-6(8)10)11-4-12-9(5)14/h2-4H,1H3,(H,11,12,14). The Labute approximate surface area is 84.6 Å². The van der Waals surface area contributed by atoms with Gasteiger partial charge in [0.15, 0.2) is 11.6 Å². The Kier molecular flexibility index (Phi) is 2.17. The van der Waals surface area contributed by atoms with E-state index in [0.29, 0.717) is 15.5 Å². The molecule has 0 aliphatic rings. The van der Waals surface area contributed by atoms with Crippen molar-refractivity contribution in [2.75, 3.05) is 7.11 Å². The molecular weight excluding hydrogens is 203 g/mol. The number of ether oxygens (including phenoxy) is 1. The fourth-order valence-corrected chi connectivity index (χ4v) is 1.46. The van der Waals surface area contributed by atoms with Gasteiger partial charge in [-0.1, -0.05) is 12.2 Å². The maximum atomic E-state index is 13.3. The third-order valence-electron chi connectivity index (χ3n) is 1.92. The van der Waals surface area contributed by atoms with Crippen molar-refractivity contribution in [2.24, 2.45) is 0 Å². The third-order valence-corrected chi connectivity index (χ3v) is 2.25. The first-order valence-electron chi connectivity index (χ1n) is 3.93. The van der Waals surface area contributed by atoms with E-state index in [0.717, 1.165) is 0 Å². The maximum absolute atomic E-state index is 13.3. The second kappa shape index (κ2) is 3.34. The van der Waals surface area contributed by atoms with Gasteiger partial charge in [-0.3, -0.25) is 0 Å². The topological polar surface area (TPSA) is 37.9 Å². The number of H-pyrrole nitrogens is 1. The zero-order chi connectivity index (χ0) is 10.1. The van der Waals surface area contributed by atoms with Crippen LogP contribution in [-0.4, -0.2) is 17.1 Å². The van der Waals surface area contributed by atoms with Crippen LogP contribution < -0.4 is 4.74 Å². The van der Waals surface area contributed by atoms with Crippen molar-refractivity contribution >= 4 is 23.1 Å². The Morgan fingerprint density at radius 1 is 1.50 bits per heavy atom. The molecule has 0 aliphatic heterocycles. The second-order valence-corrected chi connectivity index (χ2v) is 3.13. The number of rotatable bonds is 1. The van der Waals surface area contributed by atoms with E-state index in [1.54, 1.807) is 0 Å². The number of hydrogen-bond acceptors (Lipinski definition) is 3. The van der Waals surface area contributed by atoms with Gasteiger partial charge in [0.2, 0.25) is 0 Å². The van der Waals surface area contributed by atoms with E-state index >= 15 is 0 Å². The van der Waals surface area contributed by atoms with E-state index in [1.807, 2.05) is 0 Å². The van der Waals surface area contributed by atoms with Crippen LogP contribution in [-0.2, 0) is 0 Å². The van der Waals surface area contributed by atoms with Crippen molar-refractivity contribution in [1.29, 1.82) is 0 Å². The van der Waals surface area contributed by atoms with Crippen molar-refractivity contribution < 1.29 is 9.13 Å². The van der Waals surface area contributed by atoms with Gasteiger partial charge in [0.05, 0.1) is 19.0 Å². The molecule has 2 aromatic rings. The lowest BCUT2D eigenvalue weighted by atomic mass is 10.2. The highest BCUT2D eigenvalue weighted by molar-refractivity contribution is 7.71. The summed E-state index contributed by atoms with van der Waals surface area (Å²) in [7, 11) is 1.41. The summed E-state index contributed by atoms with van der Waals surface area (Å²) in [5, 5.41) is 0.681. The minimum Gasteiger partial charge on any atom is -0.494 e. The molecule has 2 rings (SSSR count). The fourth-order valence-electron chi connectivity index (χ4n) is 1.24. The summed E-state index contributed by atoms with van der Waals surface area (Å²) in [6, 6.07) is 2.88. The molecule has 0 saturated carbocycles. The molecule has 3 nitrogen and oxygen atoms in total. The zero-order valence-electron chi connectivity index (χ0n) is 7.37. The molecule has 1 aromatic carbocycles. The molecule has 5 heteroatoms. The molecule has 1 heterocycles. The number of benzene rings is 1. The van der Waals surface area contributed by atoms with E-state index in [-0.39, 0.29) is 5.75 Å². The molecule has 0 saturated heterocycles. The molecule has 0 fully saturated rings. The van der Waals surface area contributed by atoms with Gasteiger partial charge < -0.3 is 9.72 Å². The lowest BCUT2D eigenvalue weighted by molar-refractivity contribution is 0.387. The van der Waals surface area contributed by atoms with Gasteiger partial charge >= 0.3 is 0 Å². The quantitative estimate of drug-likeness (QED) is 0.734. The van der Waals surface area contributed by atoms with Crippen LogP contribution in [0, 0.1) is 10.5 Å². The molecule has 0 atom stereocenters. The first-order chi connectivity index (χ1) is 6.72. The molecule has 1 N–H and O–H groups in total. The van der Waals surface area contributed by atoms with E-state index < -0.39 is 5.82 Å². The average molecular weight is 210 g/mol. The molecule has 72 valence electrons. The fraction of sp³-hybridized carbons (Fsp3) is 0.111. The number of aromatic nitrogens is 2. The predicted octanol–water partition coefficient (Wildman–Crippen LogP) is 2.44. The Hall–Kier alpha value is -1.49. The van der Waals surface area contributed by atoms with E-state index in [1.165, 1.54) is 25.6 Å². The van der Waals surface area contributed by atoms with Gasteiger partial charge in [-0.05, 0) is 6.07 Å². The van der Waals surface area contributed by atoms with Crippen LogP contribution >= 0.6 is 12.2 Å². The highest BCUT2D eigenvalue weighted by Gasteiger charge is 2.05. The van der Waals surface area contributed by atoms with Crippen molar-refractivity contribution in [3.63, 3.8) is 0 Å². The van der Waals surface area contributed by atoms with Crippen LogP contribution in [0.25, 0.3) is 10.9 Å². The summed E-state index contributed by atoms with van der Waals surface area (Å²) in [4.78, 5) is 6.70. The van der Waals surface area contributed by atoms with Crippen LogP contribution in [0.2, 0.25) is 0 Å². The smallest absolute Gasteiger partial charge is 0.167 e.